The van der Waals surface area contributed by atoms with Gasteiger partial charge < -0.3 is 14.8 Å². The van der Waals surface area contributed by atoms with Crippen molar-refractivity contribution in [3.8, 4) is 5.75 Å². The maximum atomic E-state index is 12.9. The summed E-state index contributed by atoms with van der Waals surface area (Å²) < 4.78 is 23.7. The van der Waals surface area contributed by atoms with Crippen molar-refractivity contribution in [2.45, 2.75) is 6.61 Å². The summed E-state index contributed by atoms with van der Waals surface area (Å²) in [6, 6.07) is 21.5. The molecule has 0 saturated carbocycles. The smallest absolute Gasteiger partial charge is 0.342 e. The number of carbonyl (C=O) groups excluding carboxylic acids is 2. The number of rotatable bonds is 7. The third kappa shape index (κ3) is 5.41. The average molecular weight is 379 g/mol. The molecular formula is C22H18FNO4. The van der Waals surface area contributed by atoms with Gasteiger partial charge in [-0.1, -0.05) is 42.5 Å². The van der Waals surface area contributed by atoms with Crippen LogP contribution in [0.15, 0.2) is 78.9 Å². The van der Waals surface area contributed by atoms with Gasteiger partial charge in [-0.15, -0.1) is 0 Å². The van der Waals surface area contributed by atoms with Crippen molar-refractivity contribution in [1.82, 2.24) is 0 Å². The summed E-state index contributed by atoms with van der Waals surface area (Å²) in [6.45, 7) is -0.167. The number of carbonyl (C=O) groups is 2. The lowest BCUT2D eigenvalue weighted by Gasteiger charge is -2.11. The van der Waals surface area contributed by atoms with Gasteiger partial charge in [-0.25, -0.2) is 9.18 Å². The Morgan fingerprint density at radius 3 is 2.29 bits per heavy atom. The first kappa shape index (κ1) is 19.1. The molecule has 0 spiro atoms. The number of hydrogen-bond acceptors (Lipinski definition) is 4. The van der Waals surface area contributed by atoms with E-state index in [1.807, 2.05) is 30.3 Å². The number of halogens is 1. The normalized spacial score (nSPS) is 10.2. The fourth-order valence-electron chi connectivity index (χ4n) is 2.44. The van der Waals surface area contributed by atoms with Gasteiger partial charge in [0.25, 0.3) is 5.91 Å². The van der Waals surface area contributed by atoms with E-state index >= 15 is 0 Å². The Hall–Kier alpha value is -3.67. The second-order valence-corrected chi connectivity index (χ2v) is 5.90. The number of benzene rings is 3. The zero-order valence-electron chi connectivity index (χ0n) is 14.9. The number of amides is 1. The molecule has 3 aromatic carbocycles. The SMILES string of the molecule is O=C(COC(=O)c1ccccc1OCc1ccccc1)Nc1ccc(F)cc1. The van der Waals surface area contributed by atoms with E-state index in [9.17, 15) is 14.0 Å². The van der Waals surface area contributed by atoms with Crippen LogP contribution in [0.3, 0.4) is 0 Å². The summed E-state index contributed by atoms with van der Waals surface area (Å²) in [5.41, 5.74) is 1.60. The third-order valence-electron chi connectivity index (χ3n) is 3.81. The maximum Gasteiger partial charge on any atom is 0.342 e. The molecule has 5 nitrogen and oxygen atoms in total. The van der Waals surface area contributed by atoms with Gasteiger partial charge in [0.1, 0.15) is 23.7 Å². The van der Waals surface area contributed by atoms with Crippen molar-refractivity contribution in [3.63, 3.8) is 0 Å². The Labute approximate surface area is 161 Å². The molecule has 0 aliphatic rings. The van der Waals surface area contributed by atoms with Gasteiger partial charge in [-0.3, -0.25) is 4.79 Å². The lowest BCUT2D eigenvalue weighted by Crippen LogP contribution is -2.21. The molecule has 0 aliphatic heterocycles. The number of esters is 1. The van der Waals surface area contributed by atoms with E-state index in [1.54, 1.807) is 24.3 Å². The van der Waals surface area contributed by atoms with Crippen LogP contribution < -0.4 is 10.1 Å². The van der Waals surface area contributed by atoms with Crippen LogP contribution in [-0.4, -0.2) is 18.5 Å². The monoisotopic (exact) mass is 379 g/mol. The lowest BCUT2D eigenvalue weighted by atomic mass is 10.2. The van der Waals surface area contributed by atoms with Crippen molar-refractivity contribution in [2.75, 3.05) is 11.9 Å². The Morgan fingerprint density at radius 1 is 0.857 bits per heavy atom. The highest BCUT2D eigenvalue weighted by Gasteiger charge is 2.15. The minimum Gasteiger partial charge on any atom is -0.488 e. The summed E-state index contributed by atoms with van der Waals surface area (Å²) in [7, 11) is 0. The van der Waals surface area contributed by atoms with Gasteiger partial charge in [0.2, 0.25) is 0 Å². The highest BCUT2D eigenvalue weighted by Crippen LogP contribution is 2.20. The molecular weight excluding hydrogens is 361 g/mol. The predicted molar refractivity (Wildman–Crippen MR) is 103 cm³/mol. The summed E-state index contributed by atoms with van der Waals surface area (Å²) in [5, 5.41) is 2.52. The predicted octanol–water partition coefficient (Wildman–Crippen LogP) is 4.20. The molecule has 28 heavy (non-hydrogen) atoms. The van der Waals surface area contributed by atoms with Crippen LogP contribution in [0.1, 0.15) is 15.9 Å². The van der Waals surface area contributed by atoms with Crippen LogP contribution in [0.25, 0.3) is 0 Å². The minimum atomic E-state index is -0.669. The number of para-hydroxylation sites is 1. The van der Waals surface area contributed by atoms with Crippen LogP contribution in [0, 0.1) is 5.82 Å². The van der Waals surface area contributed by atoms with E-state index in [-0.39, 0.29) is 5.56 Å². The molecule has 0 atom stereocenters. The third-order valence-corrected chi connectivity index (χ3v) is 3.81. The molecule has 142 valence electrons. The summed E-state index contributed by atoms with van der Waals surface area (Å²) in [4.78, 5) is 24.3. The number of anilines is 1. The average Bonchev–Trinajstić information content (AvgIpc) is 2.73. The standard InChI is InChI=1S/C22H18FNO4/c23-17-10-12-18(13-11-17)24-21(25)15-28-22(26)19-8-4-5-9-20(19)27-14-16-6-2-1-3-7-16/h1-13H,14-15H2,(H,24,25). The number of nitrogens with one attached hydrogen (secondary N) is 1. The fourth-order valence-corrected chi connectivity index (χ4v) is 2.44. The second kappa shape index (κ2) is 9.32. The Kier molecular flexibility index (Phi) is 6.36. The fraction of sp³-hybridized carbons (Fsp3) is 0.0909. The largest absolute Gasteiger partial charge is 0.488 e. The van der Waals surface area contributed by atoms with Crippen molar-refractivity contribution in [3.05, 3.63) is 95.8 Å². The Bertz CT molecular complexity index is 942. The van der Waals surface area contributed by atoms with Gasteiger partial charge in [-0.2, -0.15) is 0 Å². The molecule has 0 heterocycles. The van der Waals surface area contributed by atoms with Crippen molar-refractivity contribution in [2.24, 2.45) is 0 Å². The zero-order chi connectivity index (χ0) is 19.8. The Morgan fingerprint density at radius 2 is 1.54 bits per heavy atom. The molecule has 0 bridgehead atoms. The molecule has 0 saturated heterocycles. The van der Waals surface area contributed by atoms with Crippen LogP contribution in [0.4, 0.5) is 10.1 Å². The molecule has 1 amide bonds. The quantitative estimate of drug-likeness (QED) is 0.625. The number of hydrogen-bond donors (Lipinski definition) is 1. The molecule has 3 aromatic rings. The van der Waals surface area contributed by atoms with E-state index in [0.29, 0.717) is 18.0 Å². The van der Waals surface area contributed by atoms with E-state index in [2.05, 4.69) is 5.32 Å². The highest BCUT2D eigenvalue weighted by atomic mass is 19.1. The molecule has 1 N–H and O–H groups in total. The summed E-state index contributed by atoms with van der Waals surface area (Å²) in [6.07, 6.45) is 0. The van der Waals surface area contributed by atoms with Gasteiger partial charge in [0.05, 0.1) is 0 Å². The first-order valence-electron chi connectivity index (χ1n) is 8.60. The van der Waals surface area contributed by atoms with E-state index in [1.165, 1.54) is 24.3 Å². The first-order chi connectivity index (χ1) is 13.6. The molecule has 6 heteroatoms. The molecule has 0 aliphatic carbocycles. The molecule has 0 aromatic heterocycles. The van der Waals surface area contributed by atoms with Crippen molar-refractivity contribution in [1.29, 1.82) is 0 Å². The van der Waals surface area contributed by atoms with Crippen molar-refractivity contribution < 1.29 is 23.5 Å². The molecule has 3 rings (SSSR count). The Balaban J connectivity index is 1.56. The van der Waals surface area contributed by atoms with Crippen molar-refractivity contribution >= 4 is 17.6 Å². The highest BCUT2D eigenvalue weighted by molar-refractivity contribution is 5.96. The maximum absolute atomic E-state index is 12.9. The molecule has 0 fully saturated rings. The van der Waals surface area contributed by atoms with E-state index < -0.39 is 24.3 Å². The van der Waals surface area contributed by atoms with Gasteiger partial charge in [0.15, 0.2) is 6.61 Å². The van der Waals surface area contributed by atoms with Gasteiger partial charge in [0, 0.05) is 5.69 Å². The van der Waals surface area contributed by atoms with Crippen LogP contribution in [0.5, 0.6) is 5.75 Å². The zero-order valence-corrected chi connectivity index (χ0v) is 14.9. The second-order valence-electron chi connectivity index (χ2n) is 5.90. The molecule has 0 unspecified atom stereocenters. The topological polar surface area (TPSA) is 64.6 Å². The van der Waals surface area contributed by atoms with E-state index in [0.717, 1.165) is 5.56 Å². The lowest BCUT2D eigenvalue weighted by molar-refractivity contribution is -0.119. The first-order valence-corrected chi connectivity index (χ1v) is 8.60. The minimum absolute atomic E-state index is 0.230. The van der Waals surface area contributed by atoms with Crippen LogP contribution in [-0.2, 0) is 16.1 Å². The van der Waals surface area contributed by atoms with Crippen LogP contribution in [0.2, 0.25) is 0 Å². The number of ether oxygens (including phenoxy) is 2. The van der Waals surface area contributed by atoms with Gasteiger partial charge in [-0.05, 0) is 42.0 Å². The van der Waals surface area contributed by atoms with E-state index in [4.69, 9.17) is 9.47 Å². The molecule has 0 radical (unpaired) electrons. The van der Waals surface area contributed by atoms with Crippen LogP contribution >= 0.6 is 0 Å². The van der Waals surface area contributed by atoms with Gasteiger partial charge >= 0.3 is 5.97 Å². The summed E-state index contributed by atoms with van der Waals surface area (Å²) >= 11 is 0. The summed E-state index contributed by atoms with van der Waals surface area (Å²) in [5.74, 6) is -1.23.